The molecule has 1 unspecified atom stereocenters. The third kappa shape index (κ3) is 3.29. The van der Waals surface area contributed by atoms with Crippen molar-refractivity contribution in [3.8, 4) is 0 Å². The zero-order valence-corrected chi connectivity index (χ0v) is 12.9. The lowest BCUT2D eigenvalue weighted by atomic mass is 10.0. The molecule has 18 heavy (non-hydrogen) atoms. The van der Waals surface area contributed by atoms with Gasteiger partial charge < -0.3 is 5.32 Å². The number of carbonyl (C=O) groups excluding carboxylic acids is 1. The van der Waals surface area contributed by atoms with Gasteiger partial charge in [-0.1, -0.05) is 40.2 Å². The van der Waals surface area contributed by atoms with Gasteiger partial charge in [-0.2, -0.15) is 0 Å². The van der Waals surface area contributed by atoms with E-state index in [0.29, 0.717) is 6.54 Å². The number of hydrogen-bond donors (Lipinski definition) is 1. The van der Waals surface area contributed by atoms with E-state index in [2.05, 4.69) is 46.4 Å². The Morgan fingerprint density at radius 2 is 2.28 bits per heavy atom. The standard InChI is InChI=1S/C14H18BrNOS/c1-14(6-3-7-18-14)13(17)16-10-12-5-2-4-11(8-12)9-15/h2,4-5,8H,3,6-7,9-10H2,1H3,(H,16,17). The lowest BCUT2D eigenvalue weighted by molar-refractivity contribution is -0.123. The molecule has 0 bridgehead atoms. The highest BCUT2D eigenvalue weighted by Gasteiger charge is 2.36. The molecule has 98 valence electrons. The number of rotatable bonds is 4. The van der Waals surface area contributed by atoms with Crippen molar-refractivity contribution in [3.05, 3.63) is 35.4 Å². The molecule has 1 aromatic carbocycles. The van der Waals surface area contributed by atoms with Gasteiger partial charge in [0.1, 0.15) is 0 Å². The maximum absolute atomic E-state index is 12.2. The summed E-state index contributed by atoms with van der Waals surface area (Å²) in [7, 11) is 0. The summed E-state index contributed by atoms with van der Waals surface area (Å²) < 4.78 is -0.215. The van der Waals surface area contributed by atoms with Gasteiger partial charge in [0.05, 0.1) is 4.75 Å². The maximum atomic E-state index is 12.2. The van der Waals surface area contributed by atoms with E-state index >= 15 is 0 Å². The van der Waals surface area contributed by atoms with E-state index in [0.717, 1.165) is 29.5 Å². The predicted octanol–water partition coefficient (Wildman–Crippen LogP) is 3.48. The van der Waals surface area contributed by atoms with Gasteiger partial charge in [0.15, 0.2) is 0 Å². The van der Waals surface area contributed by atoms with Crippen LogP contribution in [0.1, 0.15) is 30.9 Å². The SMILES string of the molecule is CC1(C(=O)NCc2cccc(CBr)c2)CCCS1. The lowest BCUT2D eigenvalue weighted by Gasteiger charge is -2.21. The zero-order chi connectivity index (χ0) is 13.0. The molecule has 0 aromatic heterocycles. The minimum Gasteiger partial charge on any atom is -0.351 e. The first-order valence-corrected chi connectivity index (χ1v) is 8.31. The Morgan fingerprint density at radius 3 is 2.94 bits per heavy atom. The number of alkyl halides is 1. The molecule has 0 saturated carbocycles. The summed E-state index contributed by atoms with van der Waals surface area (Å²) >= 11 is 5.22. The van der Waals surface area contributed by atoms with Crippen LogP contribution in [0.2, 0.25) is 0 Å². The van der Waals surface area contributed by atoms with Crippen molar-refractivity contribution in [2.24, 2.45) is 0 Å². The van der Waals surface area contributed by atoms with Crippen LogP contribution in [0.15, 0.2) is 24.3 Å². The monoisotopic (exact) mass is 327 g/mol. The molecule has 0 radical (unpaired) electrons. The fourth-order valence-corrected chi connectivity index (χ4v) is 3.73. The van der Waals surface area contributed by atoms with Crippen molar-refractivity contribution in [2.45, 2.75) is 36.4 Å². The smallest absolute Gasteiger partial charge is 0.236 e. The molecule has 1 N–H and O–H groups in total. The Morgan fingerprint density at radius 1 is 1.50 bits per heavy atom. The fraction of sp³-hybridized carbons (Fsp3) is 0.500. The molecule has 1 aromatic rings. The van der Waals surface area contributed by atoms with Crippen molar-refractivity contribution in [1.29, 1.82) is 0 Å². The summed E-state index contributed by atoms with van der Waals surface area (Å²) in [5, 5.41) is 3.91. The van der Waals surface area contributed by atoms with Crippen LogP contribution in [-0.4, -0.2) is 16.4 Å². The Hall–Kier alpha value is -0.480. The van der Waals surface area contributed by atoms with Crippen LogP contribution in [0.5, 0.6) is 0 Å². The second kappa shape index (κ2) is 6.11. The molecule has 2 nitrogen and oxygen atoms in total. The highest BCUT2D eigenvalue weighted by molar-refractivity contribution is 9.08. The van der Waals surface area contributed by atoms with E-state index in [1.807, 2.05) is 6.07 Å². The first-order valence-electron chi connectivity index (χ1n) is 6.20. The topological polar surface area (TPSA) is 29.1 Å². The Kier molecular flexibility index (Phi) is 4.73. The molecular weight excluding hydrogens is 310 g/mol. The van der Waals surface area contributed by atoms with Crippen LogP contribution in [0.3, 0.4) is 0 Å². The maximum Gasteiger partial charge on any atom is 0.236 e. The summed E-state index contributed by atoms with van der Waals surface area (Å²) in [5.74, 6) is 1.28. The third-order valence-corrected chi connectivity index (χ3v) is 5.46. The predicted molar refractivity (Wildman–Crippen MR) is 81.0 cm³/mol. The second-order valence-electron chi connectivity index (χ2n) is 4.82. The molecule has 1 aliphatic rings. The van der Waals surface area contributed by atoms with Gasteiger partial charge >= 0.3 is 0 Å². The molecule has 1 saturated heterocycles. The summed E-state index contributed by atoms with van der Waals surface area (Å²) in [5.41, 5.74) is 2.40. The van der Waals surface area contributed by atoms with Crippen LogP contribution in [0, 0.1) is 0 Å². The summed E-state index contributed by atoms with van der Waals surface area (Å²) in [6.45, 7) is 2.67. The number of thioether (sulfide) groups is 1. The van der Waals surface area contributed by atoms with E-state index in [4.69, 9.17) is 0 Å². The van der Waals surface area contributed by atoms with Crippen LogP contribution < -0.4 is 5.32 Å². The number of benzene rings is 1. The highest BCUT2D eigenvalue weighted by atomic mass is 79.9. The summed E-state index contributed by atoms with van der Waals surface area (Å²) in [6.07, 6.45) is 2.14. The molecular formula is C14H18BrNOS. The van der Waals surface area contributed by atoms with Crippen molar-refractivity contribution in [2.75, 3.05) is 5.75 Å². The molecule has 1 amide bonds. The molecule has 4 heteroatoms. The quantitative estimate of drug-likeness (QED) is 0.858. The molecule has 1 heterocycles. The van der Waals surface area contributed by atoms with Gasteiger partial charge in [0.25, 0.3) is 0 Å². The van der Waals surface area contributed by atoms with Crippen molar-refractivity contribution in [3.63, 3.8) is 0 Å². The normalized spacial score (nSPS) is 23.0. The third-order valence-electron chi connectivity index (χ3n) is 3.30. The molecule has 2 rings (SSSR count). The minimum atomic E-state index is -0.215. The first-order chi connectivity index (χ1) is 8.64. The average molecular weight is 328 g/mol. The van der Waals surface area contributed by atoms with E-state index in [-0.39, 0.29) is 10.7 Å². The van der Waals surface area contributed by atoms with E-state index in [1.54, 1.807) is 11.8 Å². The van der Waals surface area contributed by atoms with Gasteiger partial charge in [-0.15, -0.1) is 11.8 Å². The average Bonchev–Trinajstić information content (AvgIpc) is 2.84. The van der Waals surface area contributed by atoms with Crippen molar-refractivity contribution in [1.82, 2.24) is 5.32 Å². The Bertz CT molecular complexity index is 430. The van der Waals surface area contributed by atoms with Gasteiger partial charge in [-0.3, -0.25) is 4.79 Å². The van der Waals surface area contributed by atoms with Crippen LogP contribution >= 0.6 is 27.7 Å². The molecule has 1 fully saturated rings. The van der Waals surface area contributed by atoms with Crippen LogP contribution in [0.25, 0.3) is 0 Å². The van der Waals surface area contributed by atoms with Gasteiger partial charge in [-0.05, 0) is 36.6 Å². The van der Waals surface area contributed by atoms with Gasteiger partial charge in [0.2, 0.25) is 5.91 Å². The van der Waals surface area contributed by atoms with Crippen LogP contribution in [-0.2, 0) is 16.7 Å². The van der Waals surface area contributed by atoms with Crippen molar-refractivity contribution < 1.29 is 4.79 Å². The molecule has 0 spiro atoms. The van der Waals surface area contributed by atoms with Gasteiger partial charge in [-0.25, -0.2) is 0 Å². The van der Waals surface area contributed by atoms with Crippen molar-refractivity contribution >= 4 is 33.6 Å². The first kappa shape index (κ1) is 13.9. The minimum absolute atomic E-state index is 0.175. The summed E-state index contributed by atoms with van der Waals surface area (Å²) in [6, 6.07) is 8.29. The van der Waals surface area contributed by atoms with E-state index < -0.39 is 0 Å². The van der Waals surface area contributed by atoms with E-state index in [9.17, 15) is 4.79 Å². The highest BCUT2D eigenvalue weighted by Crippen LogP contribution is 2.37. The van der Waals surface area contributed by atoms with Crippen LogP contribution in [0.4, 0.5) is 0 Å². The molecule has 1 atom stereocenters. The number of amides is 1. The number of carbonyl (C=O) groups is 1. The number of hydrogen-bond acceptors (Lipinski definition) is 2. The molecule has 0 aliphatic carbocycles. The van der Waals surface area contributed by atoms with Gasteiger partial charge in [0, 0.05) is 11.9 Å². The Balaban J connectivity index is 1.92. The molecule has 1 aliphatic heterocycles. The Labute approximate surface area is 121 Å². The number of nitrogens with one attached hydrogen (secondary N) is 1. The fourth-order valence-electron chi connectivity index (χ4n) is 2.15. The number of halogens is 1. The van der Waals surface area contributed by atoms with E-state index in [1.165, 1.54) is 5.56 Å². The zero-order valence-electron chi connectivity index (χ0n) is 10.5. The second-order valence-corrected chi connectivity index (χ2v) is 6.98. The summed E-state index contributed by atoms with van der Waals surface area (Å²) in [4.78, 5) is 12.2. The lowest BCUT2D eigenvalue weighted by Crippen LogP contribution is -2.39. The largest absolute Gasteiger partial charge is 0.351 e.